The third-order valence-electron chi connectivity index (χ3n) is 2.91. The van der Waals surface area contributed by atoms with E-state index in [0.29, 0.717) is 0 Å². The van der Waals surface area contributed by atoms with Crippen LogP contribution in [-0.4, -0.2) is 45.5 Å². The van der Waals surface area contributed by atoms with Gasteiger partial charge in [0.2, 0.25) is 10.0 Å². The monoisotopic (exact) mass is 264 g/mol. The van der Waals surface area contributed by atoms with Gasteiger partial charge in [0.1, 0.15) is 0 Å². The molecule has 1 heterocycles. The molecule has 5 nitrogen and oxygen atoms in total. The topological polar surface area (TPSA) is 67.4 Å². The number of sulfonamides is 1. The summed E-state index contributed by atoms with van der Waals surface area (Å²) >= 11 is 0. The van der Waals surface area contributed by atoms with E-state index < -0.39 is 10.0 Å². The Morgan fingerprint density at radius 3 is 2.47 bits per heavy atom. The fourth-order valence-electron chi connectivity index (χ4n) is 1.90. The number of hydrogen-bond acceptors (Lipinski definition) is 4. The molecule has 0 saturated carbocycles. The standard InChI is InChI=1S/C11H24N2O3S/c1-10(2)16-8-9-17(14,15)13-11(3)4-6-12-7-5-11/h10,12-13H,4-9H2,1-3H3. The molecule has 1 rings (SSSR count). The number of piperidine rings is 1. The highest BCUT2D eigenvalue weighted by molar-refractivity contribution is 7.89. The van der Waals surface area contributed by atoms with E-state index in [1.165, 1.54) is 0 Å². The summed E-state index contributed by atoms with van der Waals surface area (Å²) in [5.74, 6) is 0.0359. The van der Waals surface area contributed by atoms with Gasteiger partial charge in [-0.15, -0.1) is 0 Å². The summed E-state index contributed by atoms with van der Waals surface area (Å²) in [4.78, 5) is 0. The average molecular weight is 264 g/mol. The van der Waals surface area contributed by atoms with E-state index in [2.05, 4.69) is 10.0 Å². The summed E-state index contributed by atoms with van der Waals surface area (Å²) in [6.45, 7) is 7.74. The summed E-state index contributed by atoms with van der Waals surface area (Å²) in [7, 11) is -3.24. The summed E-state index contributed by atoms with van der Waals surface area (Å²) < 4.78 is 31.8. The Morgan fingerprint density at radius 1 is 1.35 bits per heavy atom. The van der Waals surface area contributed by atoms with E-state index in [-0.39, 0.29) is 24.0 Å². The molecule has 0 aromatic rings. The van der Waals surface area contributed by atoms with Gasteiger partial charge < -0.3 is 10.1 Å². The molecule has 17 heavy (non-hydrogen) atoms. The van der Waals surface area contributed by atoms with Crippen molar-refractivity contribution < 1.29 is 13.2 Å². The van der Waals surface area contributed by atoms with Gasteiger partial charge in [-0.25, -0.2) is 13.1 Å². The molecule has 0 amide bonds. The third-order valence-corrected chi connectivity index (χ3v) is 4.42. The van der Waals surface area contributed by atoms with E-state index in [1.807, 2.05) is 20.8 Å². The Hall–Kier alpha value is -0.170. The number of rotatable bonds is 6. The second kappa shape index (κ2) is 6.13. The molecule has 102 valence electrons. The van der Waals surface area contributed by atoms with Gasteiger partial charge in [-0.2, -0.15) is 0 Å². The smallest absolute Gasteiger partial charge is 0.214 e. The van der Waals surface area contributed by atoms with Crippen molar-refractivity contribution in [1.29, 1.82) is 0 Å². The first-order chi connectivity index (χ1) is 7.83. The molecule has 0 spiro atoms. The first kappa shape index (κ1) is 14.9. The summed E-state index contributed by atoms with van der Waals surface area (Å²) in [6, 6.07) is 0. The molecule has 2 N–H and O–H groups in total. The van der Waals surface area contributed by atoms with Gasteiger partial charge in [0.15, 0.2) is 0 Å². The van der Waals surface area contributed by atoms with Crippen molar-refractivity contribution in [3.63, 3.8) is 0 Å². The Morgan fingerprint density at radius 2 is 1.94 bits per heavy atom. The molecule has 1 saturated heterocycles. The van der Waals surface area contributed by atoms with Crippen LogP contribution in [-0.2, 0) is 14.8 Å². The minimum absolute atomic E-state index is 0.0359. The van der Waals surface area contributed by atoms with Gasteiger partial charge in [-0.05, 0) is 46.7 Å². The Labute approximate surface area is 104 Å². The van der Waals surface area contributed by atoms with Crippen LogP contribution in [0.25, 0.3) is 0 Å². The normalized spacial score (nSPS) is 20.7. The Bertz CT molecular complexity index is 322. The second-order valence-corrected chi connectivity index (χ2v) is 6.99. The van der Waals surface area contributed by atoms with E-state index in [4.69, 9.17) is 4.74 Å². The van der Waals surface area contributed by atoms with Crippen molar-refractivity contribution in [2.45, 2.75) is 45.3 Å². The number of ether oxygens (including phenoxy) is 1. The van der Waals surface area contributed by atoms with Crippen molar-refractivity contribution in [3.05, 3.63) is 0 Å². The summed E-state index contributed by atoms with van der Waals surface area (Å²) in [5, 5.41) is 3.22. The highest BCUT2D eigenvalue weighted by atomic mass is 32.2. The lowest BCUT2D eigenvalue weighted by molar-refractivity contribution is 0.0910. The average Bonchev–Trinajstić information content (AvgIpc) is 2.15. The Kier molecular flexibility index (Phi) is 5.37. The first-order valence-electron chi connectivity index (χ1n) is 6.17. The van der Waals surface area contributed by atoms with Crippen LogP contribution < -0.4 is 10.0 Å². The van der Waals surface area contributed by atoms with Crippen molar-refractivity contribution >= 4 is 10.0 Å². The number of nitrogens with one attached hydrogen (secondary N) is 2. The lowest BCUT2D eigenvalue weighted by Crippen LogP contribution is -2.53. The van der Waals surface area contributed by atoms with Gasteiger partial charge in [0, 0.05) is 5.54 Å². The SMILES string of the molecule is CC(C)OCCS(=O)(=O)NC1(C)CCNCC1. The molecule has 1 aliphatic rings. The van der Waals surface area contributed by atoms with Crippen LogP contribution in [0.2, 0.25) is 0 Å². The van der Waals surface area contributed by atoms with Crippen LogP contribution in [0.4, 0.5) is 0 Å². The first-order valence-corrected chi connectivity index (χ1v) is 7.82. The predicted octanol–water partition coefficient (Wildman–Crippen LogP) is 0.473. The van der Waals surface area contributed by atoms with Crippen molar-refractivity contribution in [1.82, 2.24) is 10.0 Å². The molecule has 0 unspecified atom stereocenters. The van der Waals surface area contributed by atoms with Crippen LogP contribution in [0.1, 0.15) is 33.6 Å². The maximum atomic E-state index is 11.9. The maximum absolute atomic E-state index is 11.9. The molecule has 0 atom stereocenters. The highest BCUT2D eigenvalue weighted by Gasteiger charge is 2.30. The lowest BCUT2D eigenvalue weighted by atomic mass is 9.92. The van der Waals surface area contributed by atoms with Crippen LogP contribution in [0, 0.1) is 0 Å². The summed E-state index contributed by atoms with van der Waals surface area (Å²) in [6.07, 6.45) is 1.73. The molecule has 1 aliphatic heterocycles. The van der Waals surface area contributed by atoms with Gasteiger partial charge in [-0.1, -0.05) is 0 Å². The van der Waals surface area contributed by atoms with Crippen LogP contribution >= 0.6 is 0 Å². The van der Waals surface area contributed by atoms with Gasteiger partial charge in [0.25, 0.3) is 0 Å². The number of hydrogen-bond donors (Lipinski definition) is 2. The molecule has 6 heteroatoms. The predicted molar refractivity (Wildman–Crippen MR) is 68.5 cm³/mol. The molecular weight excluding hydrogens is 240 g/mol. The van der Waals surface area contributed by atoms with Gasteiger partial charge in [0.05, 0.1) is 18.5 Å². The third kappa shape index (κ3) is 5.81. The molecule has 0 radical (unpaired) electrons. The fourth-order valence-corrected chi connectivity index (χ4v) is 3.27. The minimum atomic E-state index is -3.24. The van der Waals surface area contributed by atoms with Crippen LogP contribution in [0.15, 0.2) is 0 Å². The van der Waals surface area contributed by atoms with Gasteiger partial charge in [-0.3, -0.25) is 0 Å². The Balaban J connectivity index is 2.42. The molecular formula is C11H24N2O3S. The van der Waals surface area contributed by atoms with Gasteiger partial charge >= 0.3 is 0 Å². The highest BCUT2D eigenvalue weighted by Crippen LogP contribution is 2.18. The van der Waals surface area contributed by atoms with E-state index in [1.54, 1.807) is 0 Å². The van der Waals surface area contributed by atoms with E-state index in [0.717, 1.165) is 25.9 Å². The van der Waals surface area contributed by atoms with E-state index in [9.17, 15) is 8.42 Å². The van der Waals surface area contributed by atoms with Crippen molar-refractivity contribution in [2.75, 3.05) is 25.4 Å². The zero-order chi connectivity index (χ0) is 12.9. The second-order valence-electron chi connectivity index (χ2n) is 5.15. The largest absolute Gasteiger partial charge is 0.378 e. The zero-order valence-electron chi connectivity index (χ0n) is 11.0. The minimum Gasteiger partial charge on any atom is -0.378 e. The molecule has 0 bridgehead atoms. The lowest BCUT2D eigenvalue weighted by Gasteiger charge is -2.34. The van der Waals surface area contributed by atoms with Crippen LogP contribution in [0.3, 0.4) is 0 Å². The molecule has 0 aromatic carbocycles. The fraction of sp³-hybridized carbons (Fsp3) is 1.00. The van der Waals surface area contributed by atoms with Crippen molar-refractivity contribution in [2.24, 2.45) is 0 Å². The van der Waals surface area contributed by atoms with E-state index >= 15 is 0 Å². The van der Waals surface area contributed by atoms with Crippen LogP contribution in [0.5, 0.6) is 0 Å². The molecule has 0 aliphatic carbocycles. The van der Waals surface area contributed by atoms with Crippen molar-refractivity contribution in [3.8, 4) is 0 Å². The maximum Gasteiger partial charge on any atom is 0.214 e. The zero-order valence-corrected chi connectivity index (χ0v) is 11.8. The summed E-state index contributed by atoms with van der Waals surface area (Å²) in [5.41, 5.74) is -0.304. The molecule has 0 aromatic heterocycles. The quantitative estimate of drug-likeness (QED) is 0.732. The molecule has 1 fully saturated rings.